The number of anilines is 1. The second-order valence-corrected chi connectivity index (χ2v) is 4.96. The summed E-state index contributed by atoms with van der Waals surface area (Å²) < 4.78 is 13.9. The number of hydrogen-bond acceptors (Lipinski definition) is 5. The van der Waals surface area contributed by atoms with E-state index in [-0.39, 0.29) is 30.9 Å². The molecule has 2 rings (SSSR count). The number of rotatable bonds is 5. The number of carbonyl (C=O) groups is 2. The van der Waals surface area contributed by atoms with Crippen LogP contribution < -0.4 is 5.32 Å². The zero-order valence-corrected chi connectivity index (χ0v) is 11.5. The van der Waals surface area contributed by atoms with E-state index in [1.54, 1.807) is 6.07 Å². The number of halogens is 1. The summed E-state index contributed by atoms with van der Waals surface area (Å²) in [6, 6.07) is 5.81. The topological polar surface area (TPSA) is 113 Å². The van der Waals surface area contributed by atoms with Gasteiger partial charge in [0.15, 0.2) is 0 Å². The molecule has 0 radical (unpaired) electrons. The molecule has 1 amide bonds. The van der Waals surface area contributed by atoms with Crippen LogP contribution in [0.3, 0.4) is 0 Å². The predicted molar refractivity (Wildman–Crippen MR) is 74.3 cm³/mol. The van der Waals surface area contributed by atoms with Gasteiger partial charge in [-0.3, -0.25) is 14.9 Å². The Bertz CT molecular complexity index is 623. The van der Waals surface area contributed by atoms with Gasteiger partial charge in [-0.1, -0.05) is 12.1 Å². The summed E-state index contributed by atoms with van der Waals surface area (Å²) in [6.07, 6.45) is -0.264. The Labute approximate surface area is 124 Å². The lowest BCUT2D eigenvalue weighted by molar-refractivity contribution is -0.383. The first kappa shape index (κ1) is 15.7. The zero-order valence-electron chi connectivity index (χ0n) is 11.5. The first-order chi connectivity index (χ1) is 10.3. The van der Waals surface area contributed by atoms with E-state index in [9.17, 15) is 24.1 Å². The molecule has 0 aliphatic carbocycles. The van der Waals surface area contributed by atoms with Crippen LogP contribution in [-0.2, 0) is 9.59 Å². The van der Waals surface area contributed by atoms with Gasteiger partial charge in [-0.2, -0.15) is 0 Å². The van der Waals surface area contributed by atoms with Gasteiger partial charge in [0.2, 0.25) is 11.6 Å². The van der Waals surface area contributed by atoms with Crippen LogP contribution in [0.15, 0.2) is 24.3 Å². The van der Waals surface area contributed by atoms with Crippen LogP contribution in [0.5, 0.6) is 0 Å². The van der Waals surface area contributed by atoms with E-state index in [4.69, 9.17) is 5.11 Å². The number of carboxylic acids is 1. The van der Waals surface area contributed by atoms with Crippen molar-refractivity contribution in [1.29, 1.82) is 0 Å². The lowest BCUT2D eigenvalue weighted by Gasteiger charge is -2.18. The molecule has 0 spiro atoms. The monoisotopic (exact) mass is 311 g/mol. The van der Waals surface area contributed by atoms with Crippen molar-refractivity contribution in [2.75, 3.05) is 25.0 Å². The minimum atomic E-state index is -2.42. The largest absolute Gasteiger partial charge is 0.479 e. The van der Waals surface area contributed by atoms with E-state index in [1.165, 1.54) is 18.2 Å². The molecule has 1 heterocycles. The van der Waals surface area contributed by atoms with Gasteiger partial charge >= 0.3 is 5.97 Å². The van der Waals surface area contributed by atoms with Crippen molar-refractivity contribution in [2.45, 2.75) is 12.1 Å². The maximum absolute atomic E-state index is 13.9. The third kappa shape index (κ3) is 3.13. The quantitative estimate of drug-likeness (QED) is 0.620. The number of para-hydroxylation sites is 2. The number of likely N-dealkylation sites (tertiary alicyclic amines) is 1. The Morgan fingerprint density at radius 3 is 2.73 bits per heavy atom. The summed E-state index contributed by atoms with van der Waals surface area (Å²) in [5.74, 6) is -2.10. The van der Waals surface area contributed by atoms with Gasteiger partial charge in [-0.25, -0.2) is 9.18 Å². The molecule has 0 saturated carbocycles. The molecule has 2 N–H and O–H groups in total. The van der Waals surface area contributed by atoms with Gasteiger partial charge in [0, 0.05) is 19.0 Å². The molecule has 118 valence electrons. The third-order valence-corrected chi connectivity index (χ3v) is 3.49. The number of carboxylic acid groups (broad SMARTS) is 1. The van der Waals surface area contributed by atoms with Gasteiger partial charge < -0.3 is 15.3 Å². The number of carbonyl (C=O) groups excluding carboxylic acids is 1. The molecule has 0 aromatic heterocycles. The fraction of sp³-hybridized carbons (Fsp3) is 0.385. The van der Waals surface area contributed by atoms with Crippen LogP contribution in [0.25, 0.3) is 0 Å². The van der Waals surface area contributed by atoms with Gasteiger partial charge in [-0.15, -0.1) is 0 Å². The summed E-state index contributed by atoms with van der Waals surface area (Å²) in [5, 5.41) is 22.2. The molecular formula is C13H14FN3O5. The highest BCUT2D eigenvalue weighted by Gasteiger charge is 2.46. The molecule has 1 unspecified atom stereocenters. The average molecular weight is 311 g/mol. The molecule has 1 saturated heterocycles. The van der Waals surface area contributed by atoms with Crippen LogP contribution in [0.1, 0.15) is 6.42 Å². The van der Waals surface area contributed by atoms with Gasteiger partial charge in [0.1, 0.15) is 5.69 Å². The summed E-state index contributed by atoms with van der Waals surface area (Å²) >= 11 is 0. The molecule has 8 nitrogen and oxygen atoms in total. The second kappa shape index (κ2) is 5.96. The lowest BCUT2D eigenvalue weighted by atomic mass is 10.1. The van der Waals surface area contributed by atoms with Crippen LogP contribution in [0.4, 0.5) is 15.8 Å². The number of amides is 1. The van der Waals surface area contributed by atoms with Crippen molar-refractivity contribution in [3.05, 3.63) is 34.4 Å². The van der Waals surface area contributed by atoms with Crippen molar-refractivity contribution in [3.8, 4) is 0 Å². The Hall–Kier alpha value is -2.71. The maximum atomic E-state index is 13.9. The molecule has 1 aliphatic rings. The Morgan fingerprint density at radius 2 is 2.14 bits per heavy atom. The highest BCUT2D eigenvalue weighted by atomic mass is 19.1. The molecule has 0 bridgehead atoms. The van der Waals surface area contributed by atoms with Crippen molar-refractivity contribution < 1.29 is 24.0 Å². The van der Waals surface area contributed by atoms with Crippen molar-refractivity contribution in [2.24, 2.45) is 0 Å². The SMILES string of the molecule is O=C(CNc1ccccc1[N+](=O)[O-])N1CCC(F)(C(=O)O)C1. The Morgan fingerprint density at radius 1 is 1.45 bits per heavy atom. The number of benzene rings is 1. The smallest absolute Gasteiger partial charge is 0.343 e. The Kier molecular flexibility index (Phi) is 4.25. The highest BCUT2D eigenvalue weighted by Crippen LogP contribution is 2.26. The second-order valence-electron chi connectivity index (χ2n) is 4.96. The number of nitro groups is 1. The predicted octanol–water partition coefficient (Wildman–Crippen LogP) is 1.03. The molecule has 1 aromatic carbocycles. The number of nitrogens with one attached hydrogen (secondary N) is 1. The van der Waals surface area contributed by atoms with E-state index in [2.05, 4.69) is 5.32 Å². The highest BCUT2D eigenvalue weighted by molar-refractivity contribution is 5.85. The van der Waals surface area contributed by atoms with E-state index in [0.717, 1.165) is 4.90 Å². The average Bonchev–Trinajstić information content (AvgIpc) is 2.89. The number of nitro benzene ring substituents is 1. The normalized spacial score (nSPS) is 20.7. The van der Waals surface area contributed by atoms with Gasteiger partial charge in [0.25, 0.3) is 5.69 Å². The number of aliphatic carboxylic acids is 1. The van der Waals surface area contributed by atoms with Crippen LogP contribution in [0.2, 0.25) is 0 Å². The molecule has 1 aliphatic heterocycles. The standard InChI is InChI=1S/C13H14FN3O5/c14-13(12(19)20)5-6-16(8-13)11(18)7-15-9-3-1-2-4-10(9)17(21)22/h1-4,15H,5-8H2,(H,19,20). The summed E-state index contributed by atoms with van der Waals surface area (Å²) in [7, 11) is 0. The minimum Gasteiger partial charge on any atom is -0.479 e. The Balaban J connectivity index is 1.97. The third-order valence-electron chi connectivity index (χ3n) is 3.49. The lowest BCUT2D eigenvalue weighted by Crippen LogP contribution is -2.40. The first-order valence-corrected chi connectivity index (χ1v) is 6.51. The molecule has 1 fully saturated rings. The van der Waals surface area contributed by atoms with Crippen molar-refractivity contribution in [3.63, 3.8) is 0 Å². The van der Waals surface area contributed by atoms with E-state index < -0.39 is 29.0 Å². The van der Waals surface area contributed by atoms with E-state index in [0.29, 0.717) is 0 Å². The molecule has 1 aromatic rings. The van der Waals surface area contributed by atoms with Gasteiger partial charge in [-0.05, 0) is 6.07 Å². The number of hydrogen-bond donors (Lipinski definition) is 2. The molecule has 9 heteroatoms. The maximum Gasteiger partial charge on any atom is 0.343 e. The summed E-state index contributed by atoms with van der Waals surface area (Å²) in [5.41, 5.74) is -2.43. The summed E-state index contributed by atoms with van der Waals surface area (Å²) in [4.78, 5) is 34.1. The first-order valence-electron chi connectivity index (χ1n) is 6.51. The minimum absolute atomic E-state index is 0.000195. The zero-order chi connectivity index (χ0) is 16.3. The number of alkyl halides is 1. The molecular weight excluding hydrogens is 297 g/mol. The van der Waals surface area contributed by atoms with E-state index in [1.807, 2.05) is 0 Å². The molecule has 22 heavy (non-hydrogen) atoms. The van der Waals surface area contributed by atoms with Crippen LogP contribution in [0, 0.1) is 10.1 Å². The van der Waals surface area contributed by atoms with Crippen molar-refractivity contribution >= 4 is 23.3 Å². The summed E-state index contributed by atoms with van der Waals surface area (Å²) in [6.45, 7) is -0.791. The van der Waals surface area contributed by atoms with Crippen LogP contribution in [-0.4, -0.2) is 52.1 Å². The van der Waals surface area contributed by atoms with Gasteiger partial charge in [0.05, 0.1) is 18.0 Å². The van der Waals surface area contributed by atoms with Crippen LogP contribution >= 0.6 is 0 Å². The van der Waals surface area contributed by atoms with Crippen molar-refractivity contribution in [1.82, 2.24) is 4.90 Å². The molecule has 1 atom stereocenters. The number of nitrogens with zero attached hydrogens (tertiary/aromatic N) is 2. The van der Waals surface area contributed by atoms with E-state index >= 15 is 0 Å². The fourth-order valence-corrected chi connectivity index (χ4v) is 2.23. The fourth-order valence-electron chi connectivity index (χ4n) is 2.23.